The van der Waals surface area contributed by atoms with Gasteiger partial charge in [-0.25, -0.2) is 8.42 Å². The van der Waals surface area contributed by atoms with Crippen LogP contribution in [0.4, 0.5) is 5.69 Å². The summed E-state index contributed by atoms with van der Waals surface area (Å²) in [6.07, 6.45) is 1.77. The van der Waals surface area contributed by atoms with Gasteiger partial charge in [0.05, 0.1) is 16.1 Å². The average Bonchev–Trinajstić information content (AvgIpc) is 3.25. The highest BCUT2D eigenvalue weighted by Gasteiger charge is 2.27. The van der Waals surface area contributed by atoms with E-state index >= 15 is 0 Å². The molecule has 1 amide bonds. The van der Waals surface area contributed by atoms with Crippen molar-refractivity contribution in [3.05, 3.63) is 64.8 Å². The molecule has 0 aliphatic carbocycles. The molecule has 0 radical (unpaired) electrons. The van der Waals surface area contributed by atoms with Gasteiger partial charge in [-0.05, 0) is 75.6 Å². The zero-order valence-electron chi connectivity index (χ0n) is 17.4. The predicted octanol–water partition coefficient (Wildman–Crippen LogP) is 4.20. The van der Waals surface area contributed by atoms with Crippen LogP contribution in [0.5, 0.6) is 0 Å². The molecule has 30 heavy (non-hydrogen) atoms. The number of hydrogen-bond donors (Lipinski definition) is 1. The van der Waals surface area contributed by atoms with Crippen LogP contribution >= 0.6 is 0 Å². The van der Waals surface area contributed by atoms with Crippen LogP contribution < -0.4 is 5.32 Å². The van der Waals surface area contributed by atoms with E-state index in [9.17, 15) is 13.2 Å². The van der Waals surface area contributed by atoms with Gasteiger partial charge in [-0.15, -0.1) is 0 Å². The lowest BCUT2D eigenvalue weighted by molar-refractivity contribution is 0.102. The van der Waals surface area contributed by atoms with Crippen molar-refractivity contribution < 1.29 is 13.2 Å². The fourth-order valence-corrected chi connectivity index (χ4v) is 5.48. The monoisotopic (exact) mass is 423 g/mol. The van der Waals surface area contributed by atoms with Gasteiger partial charge in [-0.1, -0.05) is 11.6 Å². The van der Waals surface area contributed by atoms with Gasteiger partial charge in [-0.2, -0.15) is 4.31 Å². The Morgan fingerprint density at radius 2 is 1.67 bits per heavy atom. The molecule has 0 spiro atoms. The number of hydrogen-bond acceptors (Lipinski definition) is 4. The lowest BCUT2D eigenvalue weighted by Gasteiger charge is -2.16. The zero-order valence-corrected chi connectivity index (χ0v) is 18.2. The minimum absolute atomic E-state index is 0.220. The Morgan fingerprint density at radius 1 is 1.00 bits per heavy atom. The Morgan fingerprint density at radius 3 is 2.33 bits per heavy atom. The number of benzene rings is 2. The van der Waals surface area contributed by atoms with E-state index in [1.165, 1.54) is 16.4 Å². The molecule has 0 atom stereocenters. The third-order valence-electron chi connectivity index (χ3n) is 5.44. The average molecular weight is 424 g/mol. The molecule has 1 aliphatic rings. The molecule has 1 saturated heterocycles. The van der Waals surface area contributed by atoms with Crippen molar-refractivity contribution >= 4 is 32.5 Å². The van der Waals surface area contributed by atoms with Gasteiger partial charge in [0.2, 0.25) is 10.0 Å². The second kappa shape index (κ2) is 7.81. The minimum Gasteiger partial charge on any atom is -0.321 e. The lowest BCUT2D eigenvalue weighted by Crippen LogP contribution is -2.27. The van der Waals surface area contributed by atoms with Crippen molar-refractivity contribution in [2.45, 2.75) is 38.5 Å². The highest BCUT2D eigenvalue weighted by atomic mass is 32.2. The molecule has 1 aromatic heterocycles. The molecule has 1 fully saturated rings. The summed E-state index contributed by atoms with van der Waals surface area (Å²) in [7, 11) is -3.49. The van der Waals surface area contributed by atoms with Crippen LogP contribution in [0.15, 0.2) is 47.4 Å². The second-order valence-electron chi connectivity index (χ2n) is 7.88. The summed E-state index contributed by atoms with van der Waals surface area (Å²) in [6, 6.07) is 12.1. The summed E-state index contributed by atoms with van der Waals surface area (Å²) in [5, 5.41) is 3.86. The number of nitrogens with zero attached hydrogens (tertiary/aromatic N) is 2. The van der Waals surface area contributed by atoms with E-state index in [1.54, 1.807) is 12.1 Å². The van der Waals surface area contributed by atoms with Crippen LogP contribution in [0.3, 0.4) is 0 Å². The topological polar surface area (TPSA) is 79.4 Å². The first-order chi connectivity index (χ1) is 14.3. The molecular formula is C23H25N3O3S. The third kappa shape index (κ3) is 3.82. The molecule has 2 aromatic carbocycles. The molecule has 0 bridgehead atoms. The molecule has 156 valence electrons. The van der Waals surface area contributed by atoms with Crippen LogP contribution in [-0.4, -0.2) is 36.7 Å². The molecule has 1 aliphatic heterocycles. The largest absolute Gasteiger partial charge is 0.321 e. The molecule has 7 heteroatoms. The van der Waals surface area contributed by atoms with E-state index in [0.717, 1.165) is 40.6 Å². The molecule has 0 saturated carbocycles. The third-order valence-corrected chi connectivity index (χ3v) is 7.36. The summed E-state index contributed by atoms with van der Waals surface area (Å²) in [6.45, 7) is 7.02. The Hall–Kier alpha value is -2.77. The smallest absolute Gasteiger partial charge is 0.255 e. The number of sulfonamides is 1. The first-order valence-electron chi connectivity index (χ1n) is 10.1. The number of aryl methyl sites for hydroxylation is 3. The fourth-order valence-electron chi connectivity index (χ4n) is 3.96. The highest BCUT2D eigenvalue weighted by Crippen LogP contribution is 2.28. The van der Waals surface area contributed by atoms with Crippen LogP contribution in [0.25, 0.3) is 10.9 Å². The number of rotatable bonds is 4. The van der Waals surface area contributed by atoms with Crippen LogP contribution in [0, 0.1) is 20.8 Å². The van der Waals surface area contributed by atoms with E-state index in [0.29, 0.717) is 24.3 Å². The van der Waals surface area contributed by atoms with Crippen molar-refractivity contribution in [2.75, 3.05) is 18.4 Å². The second-order valence-corrected chi connectivity index (χ2v) is 9.82. The highest BCUT2D eigenvalue weighted by molar-refractivity contribution is 7.89. The number of nitrogens with one attached hydrogen (secondary N) is 1. The lowest BCUT2D eigenvalue weighted by atomic mass is 10.0. The van der Waals surface area contributed by atoms with Crippen molar-refractivity contribution in [2.24, 2.45) is 0 Å². The van der Waals surface area contributed by atoms with Gasteiger partial charge >= 0.3 is 0 Å². The maximum Gasteiger partial charge on any atom is 0.255 e. The van der Waals surface area contributed by atoms with Crippen molar-refractivity contribution in [1.29, 1.82) is 0 Å². The number of carbonyl (C=O) groups is 1. The maximum atomic E-state index is 12.9. The quantitative estimate of drug-likeness (QED) is 0.682. The maximum absolute atomic E-state index is 12.9. The molecular weight excluding hydrogens is 398 g/mol. The first kappa shape index (κ1) is 20.5. The van der Waals surface area contributed by atoms with Gasteiger partial charge in [0.25, 0.3) is 5.91 Å². The number of anilines is 1. The molecule has 1 N–H and O–H groups in total. The summed E-state index contributed by atoms with van der Waals surface area (Å²) in [4.78, 5) is 17.7. The summed E-state index contributed by atoms with van der Waals surface area (Å²) in [5.74, 6) is -0.286. The number of carbonyl (C=O) groups excluding carboxylic acids is 1. The molecule has 2 heterocycles. The van der Waals surface area contributed by atoms with E-state index in [-0.39, 0.29) is 10.8 Å². The number of aromatic nitrogens is 1. The van der Waals surface area contributed by atoms with Gasteiger partial charge in [0, 0.05) is 29.7 Å². The van der Waals surface area contributed by atoms with Crippen molar-refractivity contribution in [3.8, 4) is 0 Å². The normalized spacial score (nSPS) is 14.9. The van der Waals surface area contributed by atoms with Crippen LogP contribution in [-0.2, 0) is 10.0 Å². The fraction of sp³-hybridized carbons (Fsp3) is 0.304. The Labute approximate surface area is 177 Å². The Kier molecular flexibility index (Phi) is 5.34. The van der Waals surface area contributed by atoms with Gasteiger partial charge in [-0.3, -0.25) is 9.78 Å². The molecule has 0 unspecified atom stereocenters. The van der Waals surface area contributed by atoms with E-state index in [1.807, 2.05) is 32.9 Å². The molecule has 3 aromatic rings. The van der Waals surface area contributed by atoms with Gasteiger partial charge < -0.3 is 5.32 Å². The number of pyridine rings is 1. The van der Waals surface area contributed by atoms with E-state index in [4.69, 9.17) is 0 Å². The van der Waals surface area contributed by atoms with E-state index < -0.39 is 10.0 Å². The standard InChI is InChI=1S/C23H25N3O3S/c1-15-12-16(2)22-20(13-15)21(14-17(3)24-22)25-23(27)18-6-8-19(9-7-18)30(28,29)26-10-4-5-11-26/h6-9,12-14H,4-5,10-11H2,1-3H3,(H,24,25,27). The summed E-state index contributed by atoms with van der Waals surface area (Å²) >= 11 is 0. The number of amides is 1. The molecule has 4 rings (SSSR count). The van der Waals surface area contributed by atoms with Gasteiger partial charge in [0.1, 0.15) is 0 Å². The number of fused-ring (bicyclic) bond motifs is 1. The van der Waals surface area contributed by atoms with Crippen LogP contribution in [0.2, 0.25) is 0 Å². The Balaban J connectivity index is 1.62. The Bertz CT molecular complexity index is 1230. The van der Waals surface area contributed by atoms with Crippen molar-refractivity contribution in [3.63, 3.8) is 0 Å². The predicted molar refractivity (Wildman–Crippen MR) is 118 cm³/mol. The van der Waals surface area contributed by atoms with Crippen molar-refractivity contribution in [1.82, 2.24) is 9.29 Å². The van der Waals surface area contributed by atoms with Gasteiger partial charge in [0.15, 0.2) is 0 Å². The first-order valence-corrected chi connectivity index (χ1v) is 11.5. The molecule has 6 nitrogen and oxygen atoms in total. The minimum atomic E-state index is -3.49. The zero-order chi connectivity index (χ0) is 21.5. The summed E-state index contributed by atoms with van der Waals surface area (Å²) < 4.78 is 26.8. The summed E-state index contributed by atoms with van der Waals surface area (Å²) in [5.41, 5.74) is 4.93. The van der Waals surface area contributed by atoms with Crippen LogP contribution in [0.1, 0.15) is 40.0 Å². The SMILES string of the molecule is Cc1cc(C)c2nc(C)cc(NC(=O)c3ccc(S(=O)(=O)N4CCCC4)cc3)c2c1. The van der Waals surface area contributed by atoms with E-state index in [2.05, 4.69) is 16.4 Å².